The molecule has 1 fully saturated rings. The molecule has 0 aromatic heterocycles. The molecule has 0 radical (unpaired) electrons. The molecule has 1 aliphatic rings. The summed E-state index contributed by atoms with van der Waals surface area (Å²) in [5.41, 5.74) is -0.202. The molecular formula is C18H25F2N3O2. The zero-order valence-electron chi connectivity index (χ0n) is 14.2. The molecule has 0 spiro atoms. The summed E-state index contributed by atoms with van der Waals surface area (Å²) in [6.45, 7) is 3.02. The van der Waals surface area contributed by atoms with E-state index in [0.717, 1.165) is 31.6 Å². The highest BCUT2D eigenvalue weighted by Crippen LogP contribution is 2.13. The Morgan fingerprint density at radius 3 is 2.76 bits per heavy atom. The van der Waals surface area contributed by atoms with Crippen molar-refractivity contribution in [2.24, 2.45) is 5.92 Å². The third-order valence-corrected chi connectivity index (χ3v) is 4.32. The van der Waals surface area contributed by atoms with Crippen LogP contribution in [0.2, 0.25) is 0 Å². The molecule has 2 amide bonds. The number of hydrogen-bond acceptors (Lipinski definition) is 3. The molecule has 7 heteroatoms. The molecule has 0 saturated carbocycles. The molecule has 1 heterocycles. The van der Waals surface area contributed by atoms with Crippen molar-refractivity contribution in [3.05, 3.63) is 35.4 Å². The summed E-state index contributed by atoms with van der Waals surface area (Å²) in [5, 5.41) is 8.76. The number of amides is 2. The quantitative estimate of drug-likeness (QED) is 0.626. The lowest BCUT2D eigenvalue weighted by atomic mass is 9.96. The zero-order valence-corrected chi connectivity index (χ0v) is 14.2. The van der Waals surface area contributed by atoms with Crippen LogP contribution in [-0.2, 0) is 4.79 Å². The van der Waals surface area contributed by atoms with Crippen molar-refractivity contribution in [3.63, 3.8) is 0 Å². The summed E-state index contributed by atoms with van der Waals surface area (Å²) < 4.78 is 26.3. The first-order chi connectivity index (χ1) is 12.1. The fraction of sp³-hybridized carbons (Fsp3) is 0.556. The Kier molecular flexibility index (Phi) is 7.78. The maximum absolute atomic E-state index is 13.5. The predicted molar refractivity (Wildman–Crippen MR) is 91.1 cm³/mol. The fourth-order valence-corrected chi connectivity index (χ4v) is 2.89. The van der Waals surface area contributed by atoms with Gasteiger partial charge in [-0.05, 0) is 56.8 Å². The smallest absolute Gasteiger partial charge is 0.254 e. The van der Waals surface area contributed by atoms with E-state index in [2.05, 4.69) is 16.0 Å². The van der Waals surface area contributed by atoms with Crippen LogP contribution in [0.25, 0.3) is 0 Å². The van der Waals surface area contributed by atoms with Gasteiger partial charge in [0.2, 0.25) is 5.91 Å². The van der Waals surface area contributed by atoms with Crippen molar-refractivity contribution >= 4 is 11.8 Å². The van der Waals surface area contributed by atoms with Crippen LogP contribution < -0.4 is 16.0 Å². The van der Waals surface area contributed by atoms with Gasteiger partial charge in [-0.2, -0.15) is 0 Å². The number of carbonyl (C=O) groups is 2. The van der Waals surface area contributed by atoms with E-state index in [-0.39, 0.29) is 18.0 Å². The fourth-order valence-electron chi connectivity index (χ4n) is 2.89. The van der Waals surface area contributed by atoms with Gasteiger partial charge in [0, 0.05) is 25.6 Å². The van der Waals surface area contributed by atoms with Crippen molar-refractivity contribution < 1.29 is 18.4 Å². The number of piperidine rings is 1. The number of rotatable bonds is 8. The molecule has 2 rings (SSSR count). The highest BCUT2D eigenvalue weighted by molar-refractivity contribution is 5.94. The van der Waals surface area contributed by atoms with Gasteiger partial charge < -0.3 is 16.0 Å². The van der Waals surface area contributed by atoms with E-state index in [9.17, 15) is 18.4 Å². The first kappa shape index (κ1) is 19.3. The van der Waals surface area contributed by atoms with Crippen LogP contribution in [0.1, 0.15) is 42.5 Å². The number of nitrogens with one attached hydrogen (secondary N) is 3. The molecule has 0 aliphatic carbocycles. The van der Waals surface area contributed by atoms with Gasteiger partial charge in [0.1, 0.15) is 11.6 Å². The van der Waals surface area contributed by atoms with Crippen LogP contribution >= 0.6 is 0 Å². The molecule has 3 N–H and O–H groups in total. The van der Waals surface area contributed by atoms with Crippen LogP contribution in [0.5, 0.6) is 0 Å². The van der Waals surface area contributed by atoms with Crippen molar-refractivity contribution in [2.75, 3.05) is 26.2 Å². The van der Waals surface area contributed by atoms with Crippen molar-refractivity contribution in [2.45, 2.75) is 32.1 Å². The van der Waals surface area contributed by atoms with E-state index in [4.69, 9.17) is 0 Å². The summed E-state index contributed by atoms with van der Waals surface area (Å²) in [5.74, 6) is -1.66. The molecule has 5 nitrogen and oxygen atoms in total. The second-order valence-corrected chi connectivity index (χ2v) is 6.33. The van der Waals surface area contributed by atoms with Gasteiger partial charge in [-0.1, -0.05) is 0 Å². The maximum atomic E-state index is 13.5. The normalized spacial score (nSPS) is 17.1. The monoisotopic (exact) mass is 353 g/mol. The Morgan fingerprint density at radius 2 is 2.04 bits per heavy atom. The summed E-state index contributed by atoms with van der Waals surface area (Å²) in [6.07, 6.45) is 4.13. The average Bonchev–Trinajstić information content (AvgIpc) is 2.59. The number of hydrogen-bond donors (Lipinski definition) is 3. The van der Waals surface area contributed by atoms with Crippen LogP contribution in [0.4, 0.5) is 8.78 Å². The van der Waals surface area contributed by atoms with Crippen LogP contribution in [0, 0.1) is 17.6 Å². The van der Waals surface area contributed by atoms with Crippen molar-refractivity contribution in [1.82, 2.24) is 16.0 Å². The highest BCUT2D eigenvalue weighted by atomic mass is 19.1. The van der Waals surface area contributed by atoms with E-state index in [1.165, 1.54) is 12.8 Å². The summed E-state index contributed by atoms with van der Waals surface area (Å²) in [4.78, 5) is 23.5. The summed E-state index contributed by atoms with van der Waals surface area (Å²) >= 11 is 0. The molecule has 1 unspecified atom stereocenters. The van der Waals surface area contributed by atoms with E-state index in [1.54, 1.807) is 0 Å². The SMILES string of the molecule is O=C(CCCNC(=O)c1ccc(F)cc1F)NCCC1CCCNC1. The Labute approximate surface area is 146 Å². The molecule has 1 atom stereocenters. The number of benzene rings is 1. The molecule has 0 bridgehead atoms. The molecular weight excluding hydrogens is 328 g/mol. The lowest BCUT2D eigenvalue weighted by Crippen LogP contribution is -2.33. The number of carbonyl (C=O) groups excluding carboxylic acids is 2. The minimum Gasteiger partial charge on any atom is -0.356 e. The van der Waals surface area contributed by atoms with Crippen molar-refractivity contribution in [1.29, 1.82) is 0 Å². The maximum Gasteiger partial charge on any atom is 0.254 e. The van der Waals surface area contributed by atoms with E-state index in [1.807, 2.05) is 0 Å². The van der Waals surface area contributed by atoms with Gasteiger partial charge in [-0.3, -0.25) is 9.59 Å². The first-order valence-corrected chi connectivity index (χ1v) is 8.77. The number of halogens is 2. The molecule has 1 aliphatic heterocycles. The highest BCUT2D eigenvalue weighted by Gasteiger charge is 2.13. The van der Waals surface area contributed by atoms with Gasteiger partial charge in [0.25, 0.3) is 5.91 Å². The first-order valence-electron chi connectivity index (χ1n) is 8.77. The molecule has 1 saturated heterocycles. The lowest BCUT2D eigenvalue weighted by Gasteiger charge is -2.22. The van der Waals surface area contributed by atoms with Gasteiger partial charge >= 0.3 is 0 Å². The van der Waals surface area contributed by atoms with Crippen LogP contribution in [-0.4, -0.2) is 38.0 Å². The lowest BCUT2D eigenvalue weighted by molar-refractivity contribution is -0.121. The Morgan fingerprint density at radius 1 is 1.20 bits per heavy atom. The predicted octanol–water partition coefficient (Wildman–Crippen LogP) is 1.98. The van der Waals surface area contributed by atoms with Crippen LogP contribution in [0.15, 0.2) is 18.2 Å². The minimum absolute atomic E-state index is 0.0500. The average molecular weight is 353 g/mol. The molecule has 1 aromatic carbocycles. The topological polar surface area (TPSA) is 70.2 Å². The second-order valence-electron chi connectivity index (χ2n) is 6.33. The largest absolute Gasteiger partial charge is 0.356 e. The second kappa shape index (κ2) is 10.1. The molecule has 25 heavy (non-hydrogen) atoms. The van der Waals surface area contributed by atoms with Gasteiger partial charge in [-0.15, -0.1) is 0 Å². The van der Waals surface area contributed by atoms with Gasteiger partial charge in [-0.25, -0.2) is 8.78 Å². The summed E-state index contributed by atoms with van der Waals surface area (Å²) in [6, 6.07) is 2.81. The van der Waals surface area contributed by atoms with E-state index >= 15 is 0 Å². The Bertz CT molecular complexity index is 590. The minimum atomic E-state index is -0.896. The molecule has 138 valence electrons. The van der Waals surface area contributed by atoms with Gasteiger partial charge in [0.05, 0.1) is 5.56 Å². The van der Waals surface area contributed by atoms with Gasteiger partial charge in [0.15, 0.2) is 0 Å². The third kappa shape index (κ3) is 6.78. The summed E-state index contributed by atoms with van der Waals surface area (Å²) in [7, 11) is 0. The van der Waals surface area contributed by atoms with Crippen LogP contribution in [0.3, 0.4) is 0 Å². The Balaban J connectivity index is 1.57. The molecule has 1 aromatic rings. The third-order valence-electron chi connectivity index (χ3n) is 4.32. The standard InChI is InChI=1S/C18H25F2N3O2/c19-14-5-6-15(16(20)11-14)18(25)23-9-2-4-17(24)22-10-7-13-3-1-8-21-12-13/h5-6,11,13,21H,1-4,7-10,12H2,(H,22,24)(H,23,25). The van der Waals surface area contributed by atoms with E-state index < -0.39 is 17.5 Å². The zero-order chi connectivity index (χ0) is 18.1. The van der Waals surface area contributed by atoms with Crippen molar-refractivity contribution in [3.8, 4) is 0 Å². The van der Waals surface area contributed by atoms with E-state index in [0.29, 0.717) is 31.4 Å². The Hall–Kier alpha value is -2.02.